The number of halogens is 1. The van der Waals surface area contributed by atoms with Crippen molar-refractivity contribution in [1.29, 1.82) is 0 Å². The molecule has 0 spiro atoms. The van der Waals surface area contributed by atoms with Crippen LogP contribution in [-0.4, -0.2) is 25.0 Å². The molecule has 7 heteroatoms. The molecular weight excluding hydrogens is 375 g/mol. The molecule has 1 aliphatic rings. The van der Waals surface area contributed by atoms with Crippen LogP contribution in [0.4, 0.5) is 15.8 Å². The molecule has 0 radical (unpaired) electrons. The van der Waals surface area contributed by atoms with Crippen LogP contribution in [0.15, 0.2) is 36.4 Å². The van der Waals surface area contributed by atoms with Gasteiger partial charge in [0.05, 0.1) is 19.1 Å². The first kappa shape index (κ1) is 20.6. The van der Waals surface area contributed by atoms with Crippen molar-refractivity contribution in [3.63, 3.8) is 0 Å². The highest BCUT2D eigenvalue weighted by Crippen LogP contribution is 2.35. The van der Waals surface area contributed by atoms with E-state index in [0.717, 1.165) is 12.8 Å². The van der Waals surface area contributed by atoms with Crippen molar-refractivity contribution in [2.24, 2.45) is 0 Å². The predicted octanol–water partition coefficient (Wildman–Crippen LogP) is 4.47. The van der Waals surface area contributed by atoms with E-state index in [2.05, 4.69) is 10.6 Å². The second kappa shape index (κ2) is 9.41. The molecule has 29 heavy (non-hydrogen) atoms. The summed E-state index contributed by atoms with van der Waals surface area (Å²) in [5.74, 6) is -0.645. The Bertz CT molecular complexity index is 900. The second-order valence-corrected chi connectivity index (χ2v) is 6.88. The van der Waals surface area contributed by atoms with E-state index < -0.39 is 11.7 Å². The molecule has 1 aliphatic heterocycles. The smallest absolute Gasteiger partial charge is 0.232 e. The van der Waals surface area contributed by atoms with Gasteiger partial charge in [0, 0.05) is 23.9 Å². The minimum absolute atomic E-state index is 0.00134. The van der Waals surface area contributed by atoms with Gasteiger partial charge in [-0.05, 0) is 42.7 Å². The minimum atomic E-state index is -0.699. The number of fused-ring (bicyclic) bond motifs is 1. The van der Waals surface area contributed by atoms with Gasteiger partial charge in [-0.3, -0.25) is 9.59 Å². The Morgan fingerprint density at radius 1 is 1.10 bits per heavy atom. The summed E-state index contributed by atoms with van der Waals surface area (Å²) in [5, 5.41) is 5.45. The van der Waals surface area contributed by atoms with E-state index in [9.17, 15) is 14.0 Å². The zero-order chi connectivity index (χ0) is 20.8. The first-order valence-electron chi connectivity index (χ1n) is 9.81. The van der Waals surface area contributed by atoms with Crippen molar-refractivity contribution in [2.45, 2.75) is 39.0 Å². The molecule has 1 heterocycles. The first-order chi connectivity index (χ1) is 14.0. The van der Waals surface area contributed by atoms with Crippen LogP contribution in [0, 0.1) is 5.82 Å². The molecule has 154 valence electrons. The second-order valence-electron chi connectivity index (χ2n) is 6.88. The van der Waals surface area contributed by atoms with Crippen molar-refractivity contribution in [3.05, 3.63) is 47.8 Å². The molecule has 0 saturated heterocycles. The standard InChI is InChI=1S/C22H25FN2O4/c1-3-9-28-19-8-6-15(12-20(19)29-10-4-2)24-22(27)17-13-21(26)25-18-11-14(23)5-7-16(17)18/h5-8,11-12,17H,3-4,9-10,13H2,1-2H3,(H,24,27)(H,25,26). The summed E-state index contributed by atoms with van der Waals surface area (Å²) in [6.07, 6.45) is 1.71. The fourth-order valence-corrected chi connectivity index (χ4v) is 3.14. The molecular formula is C22H25FN2O4. The fourth-order valence-electron chi connectivity index (χ4n) is 3.14. The summed E-state index contributed by atoms with van der Waals surface area (Å²) < 4.78 is 25.0. The monoisotopic (exact) mass is 400 g/mol. The van der Waals surface area contributed by atoms with E-state index in [1.807, 2.05) is 13.8 Å². The summed E-state index contributed by atoms with van der Waals surface area (Å²) in [4.78, 5) is 24.9. The lowest BCUT2D eigenvalue weighted by atomic mass is 9.89. The van der Waals surface area contributed by atoms with Gasteiger partial charge in [-0.1, -0.05) is 19.9 Å². The molecule has 2 aromatic carbocycles. The van der Waals surface area contributed by atoms with E-state index in [4.69, 9.17) is 9.47 Å². The van der Waals surface area contributed by atoms with Crippen molar-refractivity contribution < 1.29 is 23.5 Å². The number of ether oxygens (including phenoxy) is 2. The Morgan fingerprint density at radius 3 is 2.55 bits per heavy atom. The van der Waals surface area contributed by atoms with Crippen LogP contribution >= 0.6 is 0 Å². The molecule has 1 unspecified atom stereocenters. The van der Waals surface area contributed by atoms with Crippen LogP contribution in [0.5, 0.6) is 11.5 Å². The average molecular weight is 400 g/mol. The van der Waals surface area contributed by atoms with E-state index in [1.165, 1.54) is 18.2 Å². The minimum Gasteiger partial charge on any atom is -0.490 e. The molecule has 0 bridgehead atoms. The topological polar surface area (TPSA) is 76.7 Å². The summed E-state index contributed by atoms with van der Waals surface area (Å²) >= 11 is 0. The van der Waals surface area contributed by atoms with Crippen LogP contribution in [-0.2, 0) is 9.59 Å². The summed E-state index contributed by atoms with van der Waals surface area (Å²) in [6, 6.07) is 9.25. The summed E-state index contributed by atoms with van der Waals surface area (Å²) in [7, 11) is 0. The van der Waals surface area contributed by atoms with Crippen molar-refractivity contribution in [2.75, 3.05) is 23.8 Å². The third kappa shape index (κ3) is 5.04. The normalized spacial score (nSPS) is 15.3. The van der Waals surface area contributed by atoms with Gasteiger partial charge in [0.25, 0.3) is 0 Å². The maximum Gasteiger partial charge on any atom is 0.232 e. The van der Waals surface area contributed by atoms with Crippen molar-refractivity contribution in [1.82, 2.24) is 0 Å². The molecule has 2 N–H and O–H groups in total. The number of rotatable bonds is 8. The molecule has 0 fully saturated rings. The maximum atomic E-state index is 13.5. The number of benzene rings is 2. The highest BCUT2D eigenvalue weighted by molar-refractivity contribution is 6.05. The molecule has 0 aliphatic carbocycles. The molecule has 0 saturated carbocycles. The van der Waals surface area contributed by atoms with Gasteiger partial charge in [0.15, 0.2) is 11.5 Å². The lowest BCUT2D eigenvalue weighted by molar-refractivity contribution is -0.123. The summed E-state index contributed by atoms with van der Waals surface area (Å²) in [5.41, 5.74) is 1.46. The van der Waals surface area contributed by atoms with Gasteiger partial charge < -0.3 is 20.1 Å². The van der Waals surface area contributed by atoms with E-state index in [0.29, 0.717) is 41.7 Å². The van der Waals surface area contributed by atoms with Gasteiger partial charge in [0.2, 0.25) is 11.8 Å². The van der Waals surface area contributed by atoms with E-state index in [-0.39, 0.29) is 18.2 Å². The molecule has 2 aromatic rings. The van der Waals surface area contributed by atoms with Gasteiger partial charge >= 0.3 is 0 Å². The number of carbonyl (C=O) groups is 2. The first-order valence-corrected chi connectivity index (χ1v) is 9.81. The van der Waals surface area contributed by atoms with Crippen LogP contribution in [0.2, 0.25) is 0 Å². The quantitative estimate of drug-likeness (QED) is 0.686. The lowest BCUT2D eigenvalue weighted by Gasteiger charge is -2.25. The number of carbonyl (C=O) groups excluding carboxylic acids is 2. The SMILES string of the molecule is CCCOc1ccc(NC(=O)C2CC(=O)Nc3cc(F)ccc32)cc1OCCC. The zero-order valence-corrected chi connectivity index (χ0v) is 16.6. The number of nitrogens with one attached hydrogen (secondary N) is 2. The van der Waals surface area contributed by atoms with Gasteiger partial charge in [-0.25, -0.2) is 4.39 Å². The van der Waals surface area contributed by atoms with E-state index in [1.54, 1.807) is 18.2 Å². The Hall–Kier alpha value is -3.09. The highest BCUT2D eigenvalue weighted by atomic mass is 19.1. The number of hydrogen-bond acceptors (Lipinski definition) is 4. The number of amides is 2. The largest absolute Gasteiger partial charge is 0.490 e. The third-order valence-electron chi connectivity index (χ3n) is 4.51. The van der Waals surface area contributed by atoms with Gasteiger partial charge in [0.1, 0.15) is 5.82 Å². The highest BCUT2D eigenvalue weighted by Gasteiger charge is 2.31. The van der Waals surface area contributed by atoms with Crippen molar-refractivity contribution in [3.8, 4) is 11.5 Å². The predicted molar refractivity (Wildman–Crippen MR) is 109 cm³/mol. The summed E-state index contributed by atoms with van der Waals surface area (Å²) in [6.45, 7) is 5.12. The van der Waals surface area contributed by atoms with Crippen LogP contribution in [0.3, 0.4) is 0 Å². The number of hydrogen-bond donors (Lipinski definition) is 2. The van der Waals surface area contributed by atoms with Crippen molar-refractivity contribution >= 4 is 23.2 Å². The molecule has 6 nitrogen and oxygen atoms in total. The Morgan fingerprint density at radius 2 is 1.83 bits per heavy atom. The Labute approximate surface area is 169 Å². The lowest BCUT2D eigenvalue weighted by Crippen LogP contribution is -2.30. The van der Waals surface area contributed by atoms with Gasteiger partial charge in [-0.15, -0.1) is 0 Å². The molecule has 2 amide bonds. The Kier molecular flexibility index (Phi) is 6.69. The number of anilines is 2. The van der Waals surface area contributed by atoms with Gasteiger partial charge in [-0.2, -0.15) is 0 Å². The zero-order valence-electron chi connectivity index (χ0n) is 16.6. The fraction of sp³-hybridized carbons (Fsp3) is 0.364. The molecule has 3 rings (SSSR count). The van der Waals surface area contributed by atoms with E-state index >= 15 is 0 Å². The average Bonchev–Trinajstić information content (AvgIpc) is 2.70. The molecule has 0 aromatic heterocycles. The van der Waals surface area contributed by atoms with Crippen LogP contribution in [0.1, 0.15) is 44.6 Å². The van der Waals surface area contributed by atoms with Crippen LogP contribution in [0.25, 0.3) is 0 Å². The van der Waals surface area contributed by atoms with Crippen LogP contribution < -0.4 is 20.1 Å². The third-order valence-corrected chi connectivity index (χ3v) is 4.51. The Balaban J connectivity index is 1.80. The molecule has 1 atom stereocenters. The maximum absolute atomic E-state index is 13.5.